The van der Waals surface area contributed by atoms with Crippen LogP contribution in [0.3, 0.4) is 0 Å². The third-order valence-electron chi connectivity index (χ3n) is 2.11. The SMILES string of the molecule is Nn1cnnc1SCC(=O)Nc1cc(Cl)ccc1O. The summed E-state index contributed by atoms with van der Waals surface area (Å²) in [5.74, 6) is 5.22. The summed E-state index contributed by atoms with van der Waals surface area (Å²) >= 11 is 6.90. The Bertz CT molecular complexity index is 603. The molecule has 0 unspecified atom stereocenters. The minimum atomic E-state index is -0.314. The van der Waals surface area contributed by atoms with Gasteiger partial charge in [0, 0.05) is 5.02 Å². The van der Waals surface area contributed by atoms with Gasteiger partial charge < -0.3 is 16.3 Å². The molecular formula is C10H10ClN5O2S. The number of amides is 1. The van der Waals surface area contributed by atoms with Gasteiger partial charge in [-0.2, -0.15) is 0 Å². The largest absolute Gasteiger partial charge is 0.506 e. The Labute approximate surface area is 117 Å². The molecule has 19 heavy (non-hydrogen) atoms. The normalized spacial score (nSPS) is 10.4. The molecule has 9 heteroatoms. The van der Waals surface area contributed by atoms with Crippen LogP contribution in [0.25, 0.3) is 0 Å². The van der Waals surface area contributed by atoms with Crippen molar-refractivity contribution in [2.75, 3.05) is 16.9 Å². The van der Waals surface area contributed by atoms with Crippen LogP contribution in [0, 0.1) is 0 Å². The van der Waals surface area contributed by atoms with Gasteiger partial charge in [0.05, 0.1) is 11.4 Å². The molecule has 0 aliphatic heterocycles. The Balaban J connectivity index is 1.94. The Morgan fingerprint density at radius 2 is 2.37 bits per heavy atom. The van der Waals surface area contributed by atoms with Crippen LogP contribution in [0.2, 0.25) is 5.02 Å². The van der Waals surface area contributed by atoms with Crippen molar-refractivity contribution in [1.29, 1.82) is 0 Å². The number of carbonyl (C=O) groups is 1. The van der Waals surface area contributed by atoms with Gasteiger partial charge in [0.15, 0.2) is 0 Å². The van der Waals surface area contributed by atoms with Crippen LogP contribution < -0.4 is 11.2 Å². The van der Waals surface area contributed by atoms with E-state index in [1.54, 1.807) is 0 Å². The molecule has 7 nitrogen and oxygen atoms in total. The van der Waals surface area contributed by atoms with Gasteiger partial charge in [0.2, 0.25) is 11.1 Å². The van der Waals surface area contributed by atoms with Crippen LogP contribution in [-0.4, -0.2) is 31.6 Å². The van der Waals surface area contributed by atoms with Crippen molar-refractivity contribution in [1.82, 2.24) is 14.9 Å². The zero-order valence-corrected chi connectivity index (χ0v) is 11.1. The number of nitrogen functional groups attached to an aromatic ring is 1. The third-order valence-corrected chi connectivity index (χ3v) is 3.30. The van der Waals surface area contributed by atoms with Crippen LogP contribution >= 0.6 is 23.4 Å². The lowest BCUT2D eigenvalue weighted by Crippen LogP contribution is -2.15. The second-order valence-corrected chi connectivity index (χ2v) is 4.90. The smallest absolute Gasteiger partial charge is 0.234 e. The lowest BCUT2D eigenvalue weighted by Gasteiger charge is -2.07. The molecule has 100 valence electrons. The summed E-state index contributed by atoms with van der Waals surface area (Å²) < 4.78 is 1.22. The molecule has 0 spiro atoms. The van der Waals surface area contributed by atoms with E-state index in [1.807, 2.05) is 0 Å². The van der Waals surface area contributed by atoms with Gasteiger partial charge in [0.1, 0.15) is 12.1 Å². The first-order chi connectivity index (χ1) is 9.06. The average Bonchev–Trinajstić information content (AvgIpc) is 2.77. The van der Waals surface area contributed by atoms with Crippen LogP contribution in [-0.2, 0) is 4.79 Å². The van der Waals surface area contributed by atoms with Gasteiger partial charge in [-0.1, -0.05) is 23.4 Å². The number of anilines is 1. The Hall–Kier alpha value is -1.93. The number of carbonyl (C=O) groups excluding carboxylic acids is 1. The number of benzene rings is 1. The quantitative estimate of drug-likeness (QED) is 0.443. The van der Waals surface area contributed by atoms with Crippen molar-refractivity contribution >= 4 is 35.0 Å². The van der Waals surface area contributed by atoms with E-state index in [-0.39, 0.29) is 23.1 Å². The summed E-state index contributed by atoms with van der Waals surface area (Å²) in [7, 11) is 0. The molecule has 2 aromatic rings. The monoisotopic (exact) mass is 299 g/mol. The molecule has 0 saturated heterocycles. The van der Waals surface area contributed by atoms with Gasteiger partial charge in [-0.25, -0.2) is 4.68 Å². The van der Waals surface area contributed by atoms with E-state index in [0.29, 0.717) is 10.2 Å². The van der Waals surface area contributed by atoms with Gasteiger partial charge >= 0.3 is 0 Å². The molecule has 0 atom stereocenters. The highest BCUT2D eigenvalue weighted by Gasteiger charge is 2.10. The van der Waals surface area contributed by atoms with E-state index in [0.717, 1.165) is 11.8 Å². The van der Waals surface area contributed by atoms with E-state index in [9.17, 15) is 9.90 Å². The van der Waals surface area contributed by atoms with E-state index < -0.39 is 0 Å². The summed E-state index contributed by atoms with van der Waals surface area (Å²) in [5.41, 5.74) is 0.257. The first-order valence-corrected chi connectivity index (χ1v) is 6.49. The van der Waals surface area contributed by atoms with E-state index >= 15 is 0 Å². The predicted octanol–water partition coefficient (Wildman–Crippen LogP) is 1.08. The van der Waals surface area contributed by atoms with Crippen molar-refractivity contribution in [3.05, 3.63) is 29.5 Å². The van der Waals surface area contributed by atoms with Crippen LogP contribution in [0.5, 0.6) is 5.75 Å². The predicted molar refractivity (Wildman–Crippen MR) is 72.6 cm³/mol. The van der Waals surface area contributed by atoms with E-state index in [4.69, 9.17) is 17.4 Å². The maximum atomic E-state index is 11.7. The highest BCUT2D eigenvalue weighted by molar-refractivity contribution is 7.99. The number of phenols is 1. The average molecular weight is 300 g/mol. The zero-order valence-electron chi connectivity index (χ0n) is 9.58. The molecule has 1 heterocycles. The van der Waals surface area contributed by atoms with E-state index in [1.165, 1.54) is 29.2 Å². The van der Waals surface area contributed by atoms with Crippen LogP contribution in [0.15, 0.2) is 29.7 Å². The van der Waals surface area contributed by atoms with Gasteiger partial charge in [0.25, 0.3) is 0 Å². The minimum absolute atomic E-state index is 0.0512. The fraction of sp³-hybridized carbons (Fsp3) is 0.100. The number of hydrogen-bond donors (Lipinski definition) is 3. The summed E-state index contributed by atoms with van der Waals surface area (Å²) in [4.78, 5) is 11.7. The molecule has 0 bridgehead atoms. The first-order valence-electron chi connectivity index (χ1n) is 5.12. The molecule has 0 aliphatic carbocycles. The molecule has 1 aromatic carbocycles. The van der Waals surface area contributed by atoms with Crippen molar-refractivity contribution in [3.8, 4) is 5.75 Å². The Morgan fingerprint density at radius 3 is 3.05 bits per heavy atom. The van der Waals surface area contributed by atoms with Crippen LogP contribution in [0.1, 0.15) is 0 Å². The zero-order chi connectivity index (χ0) is 13.8. The fourth-order valence-corrected chi connectivity index (χ4v) is 2.07. The number of nitrogens with zero attached hydrogens (tertiary/aromatic N) is 3. The van der Waals surface area contributed by atoms with Crippen molar-refractivity contribution in [2.24, 2.45) is 0 Å². The first kappa shape index (κ1) is 13.5. The minimum Gasteiger partial charge on any atom is -0.506 e. The lowest BCUT2D eigenvalue weighted by molar-refractivity contribution is -0.113. The highest BCUT2D eigenvalue weighted by Crippen LogP contribution is 2.26. The lowest BCUT2D eigenvalue weighted by atomic mass is 10.3. The molecule has 0 radical (unpaired) electrons. The van der Waals surface area contributed by atoms with Gasteiger partial charge in [-0.05, 0) is 18.2 Å². The van der Waals surface area contributed by atoms with E-state index in [2.05, 4.69) is 15.5 Å². The van der Waals surface area contributed by atoms with Crippen LogP contribution in [0.4, 0.5) is 5.69 Å². The number of aromatic hydroxyl groups is 1. The summed E-state index contributed by atoms with van der Waals surface area (Å²) in [6, 6.07) is 4.39. The summed E-state index contributed by atoms with van der Waals surface area (Å²) in [6.45, 7) is 0. The molecule has 0 fully saturated rings. The molecular weight excluding hydrogens is 290 g/mol. The number of hydrogen-bond acceptors (Lipinski definition) is 6. The fourth-order valence-electron chi connectivity index (χ4n) is 1.26. The molecule has 0 aliphatic rings. The number of rotatable bonds is 4. The standard InChI is InChI=1S/C10H10ClN5O2S/c11-6-1-2-8(17)7(3-6)14-9(18)4-19-10-15-13-5-16(10)12/h1-3,5,17H,4,12H2,(H,14,18). The van der Waals surface area contributed by atoms with Gasteiger partial charge in [-0.15, -0.1) is 10.2 Å². The number of nitrogens with one attached hydrogen (secondary N) is 1. The summed E-state index contributed by atoms with van der Waals surface area (Å²) in [5, 5.41) is 20.2. The second kappa shape index (κ2) is 5.81. The van der Waals surface area contributed by atoms with Crippen molar-refractivity contribution < 1.29 is 9.90 Å². The van der Waals surface area contributed by atoms with Crippen molar-refractivity contribution in [2.45, 2.75) is 5.16 Å². The third kappa shape index (κ3) is 3.52. The highest BCUT2D eigenvalue weighted by atomic mass is 35.5. The van der Waals surface area contributed by atoms with Crippen molar-refractivity contribution in [3.63, 3.8) is 0 Å². The second-order valence-electron chi connectivity index (χ2n) is 3.52. The Morgan fingerprint density at radius 1 is 1.58 bits per heavy atom. The number of nitrogens with two attached hydrogens (primary N) is 1. The molecule has 0 saturated carbocycles. The van der Waals surface area contributed by atoms with Gasteiger partial charge in [-0.3, -0.25) is 4.79 Å². The summed E-state index contributed by atoms with van der Waals surface area (Å²) in [6.07, 6.45) is 1.34. The molecule has 1 aromatic heterocycles. The number of phenolic OH excluding ortho intramolecular Hbond substituents is 1. The topological polar surface area (TPSA) is 106 Å². The maximum Gasteiger partial charge on any atom is 0.234 e. The Kier molecular flexibility index (Phi) is 4.13. The molecule has 2 rings (SSSR count). The molecule has 4 N–H and O–H groups in total. The maximum absolute atomic E-state index is 11.7. The number of thioether (sulfide) groups is 1. The molecule has 1 amide bonds. The number of halogens is 1. The number of aromatic nitrogens is 3.